The van der Waals surface area contributed by atoms with Gasteiger partial charge in [0.15, 0.2) is 11.8 Å². The number of aromatic amines is 1. The molecule has 4 atom stereocenters. The molecule has 11 nitrogen and oxygen atoms in total. The van der Waals surface area contributed by atoms with Gasteiger partial charge in [0, 0.05) is 5.39 Å². The number of hydrogen-bond acceptors (Lipinski definition) is 8. The lowest BCUT2D eigenvalue weighted by atomic mass is 10.1. The number of nitrogens with zero attached hydrogens (tertiary/aromatic N) is 4. The third-order valence-corrected chi connectivity index (χ3v) is 6.69. The van der Waals surface area contributed by atoms with Crippen LogP contribution in [0.2, 0.25) is 5.02 Å². The zero-order valence-corrected chi connectivity index (χ0v) is 19.3. The second kappa shape index (κ2) is 8.76. The van der Waals surface area contributed by atoms with Crippen molar-refractivity contribution in [2.75, 3.05) is 13.2 Å². The molecule has 3 aromatic heterocycles. The largest absolute Gasteiger partial charge is 0.456 e. The number of pyridine rings is 1. The van der Waals surface area contributed by atoms with Crippen LogP contribution in [0.15, 0.2) is 30.3 Å². The molecule has 0 saturated carbocycles. The lowest BCUT2D eigenvalue weighted by Gasteiger charge is -2.15. The van der Waals surface area contributed by atoms with Crippen molar-refractivity contribution in [3.63, 3.8) is 0 Å². The van der Waals surface area contributed by atoms with Crippen molar-refractivity contribution in [2.45, 2.75) is 43.8 Å². The molecule has 6 rings (SSSR count). The quantitative estimate of drug-likeness (QED) is 0.343. The number of rotatable bonds is 7. The van der Waals surface area contributed by atoms with E-state index in [4.69, 9.17) is 31.5 Å². The lowest BCUT2D eigenvalue weighted by molar-refractivity contribution is -0.118. The first-order valence-electron chi connectivity index (χ1n) is 11.3. The van der Waals surface area contributed by atoms with Gasteiger partial charge in [-0.25, -0.2) is 4.98 Å². The summed E-state index contributed by atoms with van der Waals surface area (Å²) in [5, 5.41) is 16.0. The topological polar surface area (TPSA) is 150 Å². The monoisotopic (exact) mass is 498 g/mol. The number of aliphatic hydroxyl groups is 1. The Labute approximate surface area is 204 Å². The molecule has 182 valence electrons. The average molecular weight is 499 g/mol. The van der Waals surface area contributed by atoms with Crippen molar-refractivity contribution in [1.29, 1.82) is 0 Å². The Morgan fingerprint density at radius 3 is 2.86 bits per heavy atom. The van der Waals surface area contributed by atoms with Crippen molar-refractivity contribution in [1.82, 2.24) is 24.7 Å². The van der Waals surface area contributed by atoms with E-state index in [1.165, 1.54) is 0 Å². The second-order valence-corrected chi connectivity index (χ2v) is 9.14. The van der Waals surface area contributed by atoms with Gasteiger partial charge in [-0.1, -0.05) is 29.8 Å². The maximum Gasteiger partial charge on any atom is 0.296 e. The normalized spacial score (nSPS) is 23.8. The third-order valence-electron chi connectivity index (χ3n) is 6.36. The van der Waals surface area contributed by atoms with Crippen LogP contribution in [0.1, 0.15) is 11.4 Å². The van der Waals surface area contributed by atoms with Crippen LogP contribution in [0.25, 0.3) is 22.1 Å². The highest BCUT2D eigenvalue weighted by Crippen LogP contribution is 2.30. The molecule has 35 heavy (non-hydrogen) atoms. The number of nitrogens with two attached hydrogens (primary N) is 1. The van der Waals surface area contributed by atoms with Crippen LogP contribution < -0.4 is 10.5 Å². The molecule has 2 aliphatic rings. The summed E-state index contributed by atoms with van der Waals surface area (Å²) in [4.78, 5) is 23.6. The van der Waals surface area contributed by atoms with Gasteiger partial charge in [-0.2, -0.15) is 10.1 Å². The van der Waals surface area contributed by atoms with Crippen LogP contribution in [-0.2, 0) is 33.7 Å². The first kappa shape index (κ1) is 22.2. The molecule has 4 aromatic rings. The van der Waals surface area contributed by atoms with Crippen LogP contribution in [0.4, 0.5) is 0 Å². The van der Waals surface area contributed by atoms with E-state index in [2.05, 4.69) is 20.1 Å². The molecule has 2 aliphatic heterocycles. The number of hydrogen-bond donors (Lipinski definition) is 3. The SMILES string of the molecule is NC(=O)Cn1nc(CCc2nc3nc(O[C@@H]4CO[C@H]5[C@@H]4OC[C@H]5O)[nH]c3cc2Cl)c2ccccc21. The second-order valence-electron chi connectivity index (χ2n) is 8.74. The zero-order valence-electron chi connectivity index (χ0n) is 18.6. The van der Waals surface area contributed by atoms with Gasteiger partial charge in [0.2, 0.25) is 5.91 Å². The highest BCUT2D eigenvalue weighted by Gasteiger charge is 2.48. The smallest absolute Gasteiger partial charge is 0.296 e. The molecule has 4 N–H and O–H groups in total. The van der Waals surface area contributed by atoms with Crippen molar-refractivity contribution in [3.8, 4) is 6.01 Å². The fourth-order valence-electron chi connectivity index (χ4n) is 4.74. The third kappa shape index (κ3) is 4.10. The Morgan fingerprint density at radius 2 is 2.00 bits per heavy atom. The summed E-state index contributed by atoms with van der Waals surface area (Å²) in [6.45, 7) is 0.546. The van der Waals surface area contributed by atoms with Gasteiger partial charge in [0.05, 0.1) is 40.7 Å². The minimum Gasteiger partial charge on any atom is -0.456 e. The summed E-state index contributed by atoms with van der Waals surface area (Å²) in [5.74, 6) is -0.452. The molecular formula is C23H23ClN6O5. The number of aromatic nitrogens is 5. The van der Waals surface area contributed by atoms with Crippen LogP contribution in [-0.4, -0.2) is 73.4 Å². The molecule has 0 aliphatic carbocycles. The minimum absolute atomic E-state index is 0.0131. The van der Waals surface area contributed by atoms with Crippen LogP contribution >= 0.6 is 11.6 Å². The molecule has 2 saturated heterocycles. The predicted octanol–water partition coefficient (Wildman–Crippen LogP) is 1.14. The standard InChI is InChI=1S/C23H23ClN6O5/c24-12-7-15-22(28-23(27-15)35-18-10-34-20-17(31)9-33-21(18)20)26-14(12)6-5-13-11-3-1-2-4-16(11)30(29-13)8-19(25)32/h1-4,7,17-18,20-21,31H,5-6,8-10H2,(H2,25,32)(H,26,27,28)/t17-,18-,20-,21-/m1/s1. The Balaban J connectivity index is 1.21. The van der Waals surface area contributed by atoms with Crippen molar-refractivity contribution in [2.24, 2.45) is 5.73 Å². The van der Waals surface area contributed by atoms with Gasteiger partial charge in [0.1, 0.15) is 24.9 Å². The van der Waals surface area contributed by atoms with E-state index in [1.807, 2.05) is 24.3 Å². The van der Waals surface area contributed by atoms with Crippen LogP contribution in [0, 0.1) is 0 Å². The van der Waals surface area contributed by atoms with E-state index in [1.54, 1.807) is 10.7 Å². The minimum atomic E-state index is -0.647. The average Bonchev–Trinajstić information content (AvgIpc) is 3.58. The Morgan fingerprint density at radius 1 is 1.20 bits per heavy atom. The lowest BCUT2D eigenvalue weighted by Crippen LogP contribution is -2.34. The van der Waals surface area contributed by atoms with E-state index in [0.717, 1.165) is 16.6 Å². The Bertz CT molecular complexity index is 1420. The molecule has 0 bridgehead atoms. The van der Waals surface area contributed by atoms with E-state index in [-0.39, 0.29) is 37.5 Å². The van der Waals surface area contributed by atoms with Crippen LogP contribution in [0.5, 0.6) is 6.01 Å². The zero-order chi connectivity index (χ0) is 24.1. The molecule has 2 fully saturated rings. The van der Waals surface area contributed by atoms with Gasteiger partial charge in [-0.15, -0.1) is 0 Å². The first-order chi connectivity index (χ1) is 17.0. The molecular weight excluding hydrogens is 476 g/mol. The molecule has 0 spiro atoms. The van der Waals surface area contributed by atoms with Gasteiger partial charge < -0.3 is 30.0 Å². The molecule has 1 aromatic carbocycles. The van der Waals surface area contributed by atoms with Gasteiger partial charge >= 0.3 is 0 Å². The number of aliphatic hydroxyl groups excluding tert-OH is 1. The number of fused-ring (bicyclic) bond motifs is 3. The number of benzene rings is 1. The van der Waals surface area contributed by atoms with Gasteiger partial charge in [-0.3, -0.25) is 9.48 Å². The van der Waals surface area contributed by atoms with Crippen molar-refractivity contribution >= 4 is 39.6 Å². The fourth-order valence-corrected chi connectivity index (χ4v) is 4.98. The number of imidazole rings is 1. The maximum atomic E-state index is 11.4. The number of carbonyl (C=O) groups excluding carboxylic acids is 1. The van der Waals surface area contributed by atoms with Crippen molar-refractivity contribution < 1.29 is 24.1 Å². The van der Waals surface area contributed by atoms with E-state index in [9.17, 15) is 9.90 Å². The number of H-pyrrole nitrogens is 1. The molecule has 0 radical (unpaired) electrons. The van der Waals surface area contributed by atoms with Crippen molar-refractivity contribution in [3.05, 3.63) is 46.7 Å². The summed E-state index contributed by atoms with van der Waals surface area (Å²) in [6.07, 6.45) is -0.648. The summed E-state index contributed by atoms with van der Waals surface area (Å²) in [5.41, 5.74) is 8.86. The highest BCUT2D eigenvalue weighted by atomic mass is 35.5. The number of amides is 1. The first-order valence-corrected chi connectivity index (χ1v) is 11.7. The molecule has 0 unspecified atom stereocenters. The number of para-hydroxylation sites is 1. The van der Waals surface area contributed by atoms with E-state index < -0.39 is 12.0 Å². The van der Waals surface area contributed by atoms with E-state index >= 15 is 0 Å². The van der Waals surface area contributed by atoms with Gasteiger partial charge in [-0.05, 0) is 25.0 Å². The summed E-state index contributed by atoms with van der Waals surface area (Å²) in [6, 6.07) is 9.76. The maximum absolute atomic E-state index is 11.4. The summed E-state index contributed by atoms with van der Waals surface area (Å²) >= 11 is 6.52. The Kier molecular flexibility index (Phi) is 5.56. The van der Waals surface area contributed by atoms with Gasteiger partial charge in [0.25, 0.3) is 6.01 Å². The predicted molar refractivity (Wildman–Crippen MR) is 125 cm³/mol. The number of halogens is 1. The number of nitrogens with one attached hydrogen (secondary N) is 1. The molecule has 5 heterocycles. The Hall–Kier alpha value is -3.25. The van der Waals surface area contributed by atoms with Crippen LogP contribution in [0.3, 0.4) is 0 Å². The molecule has 12 heteroatoms. The number of ether oxygens (including phenoxy) is 3. The summed E-state index contributed by atoms with van der Waals surface area (Å²) < 4.78 is 18.8. The fraction of sp³-hybridized carbons (Fsp3) is 0.391. The number of carbonyl (C=O) groups is 1. The highest BCUT2D eigenvalue weighted by molar-refractivity contribution is 6.31. The number of aryl methyl sites for hydroxylation is 2. The summed E-state index contributed by atoms with van der Waals surface area (Å²) in [7, 11) is 0. The molecule has 1 amide bonds. The number of primary amides is 1. The van der Waals surface area contributed by atoms with E-state index in [0.29, 0.717) is 41.3 Å².